The van der Waals surface area contributed by atoms with E-state index in [1.165, 1.54) is 5.56 Å². The largest absolute Gasteiger partial charge is 0.398 e. The van der Waals surface area contributed by atoms with Gasteiger partial charge in [0.1, 0.15) is 0 Å². The van der Waals surface area contributed by atoms with Gasteiger partial charge in [0.15, 0.2) is 5.82 Å². The molecule has 3 rings (SSSR count). The molecule has 24 heavy (non-hydrogen) atoms. The fraction of sp³-hybridized carbons (Fsp3) is 0.222. The number of anilines is 1. The van der Waals surface area contributed by atoms with Crippen LogP contribution >= 0.6 is 23.4 Å². The first-order chi connectivity index (χ1) is 11.5. The number of halogens is 1. The van der Waals surface area contributed by atoms with Crippen molar-refractivity contribution in [2.45, 2.75) is 24.9 Å². The van der Waals surface area contributed by atoms with Gasteiger partial charge < -0.3 is 10.3 Å². The highest BCUT2D eigenvalue weighted by molar-refractivity contribution is 7.98. The van der Waals surface area contributed by atoms with Gasteiger partial charge in [-0.15, -0.1) is 11.8 Å². The van der Waals surface area contributed by atoms with Crippen LogP contribution in [0.1, 0.15) is 33.7 Å². The van der Waals surface area contributed by atoms with Crippen LogP contribution in [0.5, 0.6) is 0 Å². The van der Waals surface area contributed by atoms with Crippen LogP contribution in [0.4, 0.5) is 5.69 Å². The minimum absolute atomic E-state index is 0.0384. The summed E-state index contributed by atoms with van der Waals surface area (Å²) in [4.78, 5) is 4.27. The van der Waals surface area contributed by atoms with E-state index in [4.69, 9.17) is 21.9 Å². The van der Waals surface area contributed by atoms with Crippen molar-refractivity contribution < 1.29 is 4.52 Å². The number of hydrogen-bond donors (Lipinski definition) is 1. The van der Waals surface area contributed by atoms with Crippen LogP contribution in [0.15, 0.2) is 47.0 Å². The van der Waals surface area contributed by atoms with Crippen LogP contribution in [0.25, 0.3) is 0 Å². The van der Waals surface area contributed by atoms with Crippen molar-refractivity contribution in [3.05, 3.63) is 75.9 Å². The molecule has 1 aromatic heterocycles. The van der Waals surface area contributed by atoms with Gasteiger partial charge in [0.2, 0.25) is 5.89 Å². The molecule has 1 heterocycles. The quantitative estimate of drug-likeness (QED) is 0.653. The minimum atomic E-state index is 0.0384. The van der Waals surface area contributed by atoms with E-state index in [1.54, 1.807) is 17.8 Å². The van der Waals surface area contributed by atoms with E-state index in [2.05, 4.69) is 41.3 Å². The van der Waals surface area contributed by atoms with Gasteiger partial charge in [-0.2, -0.15) is 4.98 Å². The number of benzene rings is 2. The van der Waals surface area contributed by atoms with Crippen LogP contribution in [-0.4, -0.2) is 10.1 Å². The maximum atomic E-state index is 6.21. The number of hydrogen-bond acceptors (Lipinski definition) is 5. The fourth-order valence-electron chi connectivity index (χ4n) is 2.43. The lowest BCUT2D eigenvalue weighted by Crippen LogP contribution is -2.02. The normalized spacial score (nSPS) is 12.3. The number of rotatable bonds is 5. The summed E-state index contributed by atoms with van der Waals surface area (Å²) < 4.78 is 5.22. The number of thioether (sulfide) groups is 1. The standard InChI is InChI=1S/C18H18ClN3OS/c1-11-3-5-13(6-4-11)18(15-9-14(19)7-8-16(15)20)24-10-17-21-12(2)22-23-17/h3-9,18H,10,20H2,1-2H3. The lowest BCUT2D eigenvalue weighted by Gasteiger charge is -2.19. The number of aromatic nitrogens is 2. The zero-order valence-electron chi connectivity index (χ0n) is 13.5. The Balaban J connectivity index is 1.93. The molecule has 4 nitrogen and oxygen atoms in total. The van der Waals surface area contributed by atoms with Gasteiger partial charge in [0, 0.05) is 10.7 Å². The van der Waals surface area contributed by atoms with Crippen molar-refractivity contribution in [3.8, 4) is 0 Å². The first-order valence-electron chi connectivity index (χ1n) is 7.55. The van der Waals surface area contributed by atoms with Gasteiger partial charge >= 0.3 is 0 Å². The molecule has 0 aliphatic heterocycles. The van der Waals surface area contributed by atoms with E-state index < -0.39 is 0 Å². The van der Waals surface area contributed by atoms with Crippen molar-refractivity contribution >= 4 is 29.1 Å². The first-order valence-corrected chi connectivity index (χ1v) is 8.98. The van der Waals surface area contributed by atoms with Gasteiger partial charge in [-0.25, -0.2) is 0 Å². The Kier molecular flexibility index (Phi) is 5.11. The minimum Gasteiger partial charge on any atom is -0.398 e. The first kappa shape index (κ1) is 16.9. The summed E-state index contributed by atoms with van der Waals surface area (Å²) in [6, 6.07) is 14.0. The van der Waals surface area contributed by atoms with Gasteiger partial charge in [0.25, 0.3) is 0 Å². The molecule has 1 atom stereocenters. The highest BCUT2D eigenvalue weighted by Crippen LogP contribution is 2.40. The lowest BCUT2D eigenvalue weighted by molar-refractivity contribution is 0.387. The molecule has 0 aliphatic rings. The van der Waals surface area contributed by atoms with Crippen molar-refractivity contribution in [2.24, 2.45) is 0 Å². The molecular formula is C18H18ClN3OS. The Hall–Kier alpha value is -1.98. The monoisotopic (exact) mass is 359 g/mol. The number of nitrogens with zero attached hydrogens (tertiary/aromatic N) is 2. The number of aryl methyl sites for hydroxylation is 2. The Morgan fingerprint density at radius 3 is 2.58 bits per heavy atom. The molecule has 0 saturated carbocycles. The number of nitrogen functional groups attached to an aromatic ring is 1. The summed E-state index contributed by atoms with van der Waals surface area (Å²) in [5.41, 5.74) is 10.3. The molecule has 0 spiro atoms. The highest BCUT2D eigenvalue weighted by atomic mass is 35.5. The third-order valence-corrected chi connectivity index (χ3v) is 5.16. The Morgan fingerprint density at radius 1 is 1.17 bits per heavy atom. The van der Waals surface area contributed by atoms with E-state index in [1.807, 2.05) is 19.1 Å². The van der Waals surface area contributed by atoms with Crippen LogP contribution in [-0.2, 0) is 5.75 Å². The molecule has 0 amide bonds. The molecule has 0 fully saturated rings. The smallest absolute Gasteiger partial charge is 0.236 e. The third kappa shape index (κ3) is 3.91. The summed E-state index contributed by atoms with van der Waals surface area (Å²) in [5.74, 6) is 1.85. The molecule has 0 saturated heterocycles. The lowest BCUT2D eigenvalue weighted by atomic mass is 10.0. The van der Waals surface area contributed by atoms with Gasteiger partial charge in [-0.05, 0) is 43.2 Å². The molecule has 6 heteroatoms. The molecule has 3 aromatic rings. The fourth-order valence-corrected chi connectivity index (χ4v) is 3.77. The molecule has 2 aromatic carbocycles. The highest BCUT2D eigenvalue weighted by Gasteiger charge is 2.19. The number of nitrogens with two attached hydrogens (primary N) is 1. The maximum Gasteiger partial charge on any atom is 0.236 e. The van der Waals surface area contributed by atoms with Crippen LogP contribution in [0.2, 0.25) is 5.02 Å². The zero-order valence-corrected chi connectivity index (χ0v) is 15.1. The summed E-state index contributed by atoms with van der Waals surface area (Å²) in [5, 5.41) is 4.55. The molecule has 2 N–H and O–H groups in total. The van der Waals surface area contributed by atoms with E-state index >= 15 is 0 Å². The Labute approximate surface area is 150 Å². The molecule has 0 aliphatic carbocycles. The van der Waals surface area contributed by atoms with E-state index in [9.17, 15) is 0 Å². The second-order valence-electron chi connectivity index (χ2n) is 5.61. The molecular weight excluding hydrogens is 342 g/mol. The van der Waals surface area contributed by atoms with Crippen LogP contribution < -0.4 is 5.73 Å². The van der Waals surface area contributed by atoms with E-state index in [-0.39, 0.29) is 5.25 Å². The molecule has 0 radical (unpaired) electrons. The Bertz CT molecular complexity index is 833. The third-order valence-electron chi connectivity index (χ3n) is 3.65. The van der Waals surface area contributed by atoms with E-state index in [0.717, 1.165) is 16.8 Å². The van der Waals surface area contributed by atoms with Gasteiger partial charge in [-0.1, -0.05) is 46.6 Å². The summed E-state index contributed by atoms with van der Waals surface area (Å²) in [6.45, 7) is 3.88. The topological polar surface area (TPSA) is 64.9 Å². The van der Waals surface area contributed by atoms with Gasteiger partial charge in [0.05, 0.1) is 11.0 Å². The Morgan fingerprint density at radius 2 is 1.92 bits per heavy atom. The second-order valence-corrected chi connectivity index (χ2v) is 7.14. The SMILES string of the molecule is Cc1ccc(C(SCc2nc(C)no2)c2cc(Cl)ccc2N)cc1. The molecule has 1 unspecified atom stereocenters. The summed E-state index contributed by atoms with van der Waals surface area (Å²) in [7, 11) is 0. The maximum absolute atomic E-state index is 6.21. The van der Waals surface area contributed by atoms with Crippen LogP contribution in [0.3, 0.4) is 0 Å². The molecule has 0 bridgehead atoms. The molecule has 124 valence electrons. The average Bonchev–Trinajstić information content (AvgIpc) is 2.98. The second kappa shape index (κ2) is 7.28. The van der Waals surface area contributed by atoms with Crippen molar-refractivity contribution in [1.29, 1.82) is 0 Å². The van der Waals surface area contributed by atoms with Gasteiger partial charge in [-0.3, -0.25) is 0 Å². The zero-order chi connectivity index (χ0) is 17.1. The van der Waals surface area contributed by atoms with Crippen LogP contribution in [0, 0.1) is 13.8 Å². The van der Waals surface area contributed by atoms with Crippen molar-refractivity contribution in [3.63, 3.8) is 0 Å². The average molecular weight is 360 g/mol. The van der Waals surface area contributed by atoms with Crippen molar-refractivity contribution in [2.75, 3.05) is 5.73 Å². The summed E-state index contributed by atoms with van der Waals surface area (Å²) in [6.07, 6.45) is 0. The van der Waals surface area contributed by atoms with E-state index in [0.29, 0.717) is 22.5 Å². The predicted molar refractivity (Wildman–Crippen MR) is 99.2 cm³/mol. The van der Waals surface area contributed by atoms with Crippen molar-refractivity contribution in [1.82, 2.24) is 10.1 Å². The predicted octanol–water partition coefficient (Wildman–Crippen LogP) is 4.94. The summed E-state index contributed by atoms with van der Waals surface area (Å²) >= 11 is 7.88.